The van der Waals surface area contributed by atoms with Gasteiger partial charge in [0.15, 0.2) is 0 Å². The minimum atomic E-state index is -4.28. The van der Waals surface area contributed by atoms with Crippen molar-refractivity contribution in [2.45, 2.75) is 12.1 Å². The molecule has 0 saturated carbocycles. The van der Waals surface area contributed by atoms with Gasteiger partial charge in [-0.05, 0) is 23.3 Å². The highest BCUT2D eigenvalue weighted by atomic mass is 79.9. The lowest BCUT2D eigenvalue weighted by Gasteiger charge is -2.16. The number of rotatable bonds is 3. The first-order valence-corrected chi connectivity index (χ1v) is 6.92. The molecule has 2 aromatic carbocycles. The Hall–Kier alpha value is -1.29. The van der Waals surface area contributed by atoms with Crippen LogP contribution in [0.25, 0.3) is 0 Å². The minimum Gasteiger partial charge on any atom is -0.166 e. The Balaban J connectivity index is 2.30. The molecule has 0 aliphatic carbocycles. The van der Waals surface area contributed by atoms with Crippen molar-refractivity contribution in [3.63, 3.8) is 0 Å². The van der Waals surface area contributed by atoms with Crippen molar-refractivity contribution in [2.75, 3.05) is 5.33 Å². The van der Waals surface area contributed by atoms with Crippen LogP contribution in [0.1, 0.15) is 22.6 Å². The SMILES string of the molecule is FC(F)(F)c1ccc(C(CBr)c2ccccc2)cc1. The van der Waals surface area contributed by atoms with Crippen LogP contribution < -0.4 is 0 Å². The zero-order valence-corrected chi connectivity index (χ0v) is 11.6. The molecule has 19 heavy (non-hydrogen) atoms. The lowest BCUT2D eigenvalue weighted by molar-refractivity contribution is -0.137. The molecule has 0 aromatic heterocycles. The fraction of sp³-hybridized carbons (Fsp3) is 0.200. The summed E-state index contributed by atoms with van der Waals surface area (Å²) in [5.41, 5.74) is 1.34. The van der Waals surface area contributed by atoms with E-state index in [9.17, 15) is 13.2 Å². The van der Waals surface area contributed by atoms with E-state index in [1.54, 1.807) is 12.1 Å². The molecule has 0 N–H and O–H groups in total. The van der Waals surface area contributed by atoms with E-state index in [0.717, 1.165) is 23.3 Å². The van der Waals surface area contributed by atoms with E-state index in [-0.39, 0.29) is 5.92 Å². The van der Waals surface area contributed by atoms with E-state index in [1.807, 2.05) is 30.3 Å². The summed E-state index contributed by atoms with van der Waals surface area (Å²) in [6.07, 6.45) is -4.28. The van der Waals surface area contributed by atoms with Gasteiger partial charge in [0.05, 0.1) is 5.56 Å². The molecule has 0 fully saturated rings. The second kappa shape index (κ2) is 5.78. The number of alkyl halides is 4. The molecule has 0 bridgehead atoms. The van der Waals surface area contributed by atoms with Crippen molar-refractivity contribution in [1.82, 2.24) is 0 Å². The second-order valence-corrected chi connectivity index (χ2v) is 4.88. The first kappa shape index (κ1) is 14.1. The predicted molar refractivity (Wildman–Crippen MR) is 73.5 cm³/mol. The molecular weight excluding hydrogens is 317 g/mol. The number of halogens is 4. The molecule has 1 unspecified atom stereocenters. The van der Waals surface area contributed by atoms with E-state index in [0.29, 0.717) is 5.33 Å². The molecule has 0 heterocycles. The monoisotopic (exact) mass is 328 g/mol. The highest BCUT2D eigenvalue weighted by Gasteiger charge is 2.30. The first-order chi connectivity index (χ1) is 9.02. The van der Waals surface area contributed by atoms with Crippen molar-refractivity contribution >= 4 is 15.9 Å². The van der Waals surface area contributed by atoms with Crippen LogP contribution in [0.5, 0.6) is 0 Å². The van der Waals surface area contributed by atoms with Gasteiger partial charge in [-0.25, -0.2) is 0 Å². The van der Waals surface area contributed by atoms with Gasteiger partial charge in [0.1, 0.15) is 0 Å². The van der Waals surface area contributed by atoms with Gasteiger partial charge in [-0.2, -0.15) is 13.2 Å². The van der Waals surface area contributed by atoms with Crippen LogP contribution in [0.15, 0.2) is 54.6 Å². The minimum absolute atomic E-state index is 0.0588. The van der Waals surface area contributed by atoms with Gasteiger partial charge in [0, 0.05) is 11.2 Å². The lowest BCUT2D eigenvalue weighted by Crippen LogP contribution is -2.06. The predicted octanol–water partition coefficient (Wildman–Crippen LogP) is 5.23. The number of hydrogen-bond acceptors (Lipinski definition) is 0. The molecule has 0 saturated heterocycles. The largest absolute Gasteiger partial charge is 0.416 e. The Labute approximate surface area is 118 Å². The summed E-state index contributed by atoms with van der Waals surface area (Å²) in [5.74, 6) is 0.0588. The maximum atomic E-state index is 12.5. The molecule has 4 heteroatoms. The molecular formula is C15H12BrF3. The zero-order valence-electron chi connectivity index (χ0n) is 9.99. The summed E-state index contributed by atoms with van der Waals surface area (Å²) in [5, 5.41) is 0.669. The van der Waals surface area contributed by atoms with Crippen molar-refractivity contribution in [3.05, 3.63) is 71.3 Å². The van der Waals surface area contributed by atoms with Gasteiger partial charge in [-0.1, -0.05) is 58.4 Å². The summed E-state index contributed by atoms with van der Waals surface area (Å²) in [7, 11) is 0. The molecule has 0 amide bonds. The maximum absolute atomic E-state index is 12.5. The standard InChI is InChI=1S/C15H12BrF3/c16-10-14(11-4-2-1-3-5-11)12-6-8-13(9-7-12)15(17,18)19/h1-9,14H,10H2. The van der Waals surface area contributed by atoms with Gasteiger partial charge in [0.2, 0.25) is 0 Å². The lowest BCUT2D eigenvalue weighted by atomic mass is 9.92. The number of benzene rings is 2. The smallest absolute Gasteiger partial charge is 0.166 e. The summed E-state index contributed by atoms with van der Waals surface area (Å²) in [4.78, 5) is 0. The van der Waals surface area contributed by atoms with Crippen LogP contribution in [-0.4, -0.2) is 5.33 Å². The van der Waals surface area contributed by atoms with Crippen molar-refractivity contribution in [2.24, 2.45) is 0 Å². The van der Waals surface area contributed by atoms with Crippen LogP contribution in [-0.2, 0) is 6.18 Å². The molecule has 0 nitrogen and oxygen atoms in total. The van der Waals surface area contributed by atoms with Crippen molar-refractivity contribution in [3.8, 4) is 0 Å². The normalized spacial score (nSPS) is 13.3. The average molecular weight is 329 g/mol. The second-order valence-electron chi connectivity index (χ2n) is 4.24. The van der Waals surface area contributed by atoms with Gasteiger partial charge < -0.3 is 0 Å². The van der Waals surface area contributed by atoms with E-state index in [4.69, 9.17) is 0 Å². The van der Waals surface area contributed by atoms with E-state index in [2.05, 4.69) is 15.9 Å². The molecule has 0 aliphatic rings. The van der Waals surface area contributed by atoms with Crippen LogP contribution in [0.2, 0.25) is 0 Å². The van der Waals surface area contributed by atoms with E-state index >= 15 is 0 Å². The first-order valence-electron chi connectivity index (χ1n) is 5.80. The van der Waals surface area contributed by atoms with Crippen LogP contribution in [0, 0.1) is 0 Å². The average Bonchev–Trinajstić information content (AvgIpc) is 2.40. The Morgan fingerprint density at radius 3 is 1.84 bits per heavy atom. The summed E-state index contributed by atoms with van der Waals surface area (Å²) in [6, 6.07) is 15.1. The summed E-state index contributed by atoms with van der Waals surface area (Å²) < 4.78 is 37.5. The highest BCUT2D eigenvalue weighted by Crippen LogP contribution is 2.32. The number of hydrogen-bond donors (Lipinski definition) is 0. The third-order valence-electron chi connectivity index (χ3n) is 3.00. The van der Waals surface area contributed by atoms with Crippen LogP contribution >= 0.6 is 15.9 Å². The molecule has 1 atom stereocenters. The molecule has 0 spiro atoms. The Kier molecular flexibility index (Phi) is 4.30. The Bertz CT molecular complexity index is 517. The topological polar surface area (TPSA) is 0 Å². The molecule has 0 radical (unpaired) electrons. The van der Waals surface area contributed by atoms with Gasteiger partial charge in [-0.3, -0.25) is 0 Å². The molecule has 2 rings (SSSR count). The summed E-state index contributed by atoms with van der Waals surface area (Å²) in [6.45, 7) is 0. The van der Waals surface area contributed by atoms with Gasteiger partial charge in [0.25, 0.3) is 0 Å². The van der Waals surface area contributed by atoms with Crippen LogP contribution in [0.4, 0.5) is 13.2 Å². The fourth-order valence-electron chi connectivity index (χ4n) is 1.96. The van der Waals surface area contributed by atoms with Crippen LogP contribution in [0.3, 0.4) is 0 Å². The highest BCUT2D eigenvalue weighted by molar-refractivity contribution is 9.09. The van der Waals surface area contributed by atoms with Crippen molar-refractivity contribution < 1.29 is 13.2 Å². The zero-order chi connectivity index (χ0) is 13.9. The molecule has 0 aliphatic heterocycles. The third kappa shape index (κ3) is 3.38. The fourth-order valence-corrected chi connectivity index (χ4v) is 2.71. The van der Waals surface area contributed by atoms with Crippen molar-refractivity contribution in [1.29, 1.82) is 0 Å². The maximum Gasteiger partial charge on any atom is 0.416 e. The molecule has 2 aromatic rings. The Morgan fingerprint density at radius 2 is 1.37 bits per heavy atom. The van der Waals surface area contributed by atoms with E-state index in [1.165, 1.54) is 0 Å². The summed E-state index contributed by atoms with van der Waals surface area (Å²) >= 11 is 3.43. The third-order valence-corrected chi connectivity index (χ3v) is 3.64. The van der Waals surface area contributed by atoms with Gasteiger partial charge in [-0.15, -0.1) is 0 Å². The Morgan fingerprint density at radius 1 is 0.842 bits per heavy atom. The van der Waals surface area contributed by atoms with Gasteiger partial charge >= 0.3 is 6.18 Å². The van der Waals surface area contributed by atoms with E-state index < -0.39 is 11.7 Å². The molecule has 100 valence electrons. The quantitative estimate of drug-likeness (QED) is 0.676.